The summed E-state index contributed by atoms with van der Waals surface area (Å²) < 4.78 is 24.0. The number of anilines is 1. The number of rotatable bonds is 4. The standard InChI is InChI=1S/C13H11FINO3/c1-18-13(17)10-4-2-8(14)6-11(10)16-7-9-3-5-12(15)19-9/h2-6,16H,7H2,1H3. The lowest BCUT2D eigenvalue weighted by Gasteiger charge is -2.09. The minimum Gasteiger partial charge on any atom is -0.465 e. The molecule has 0 atom stereocenters. The fourth-order valence-corrected chi connectivity index (χ4v) is 2.04. The van der Waals surface area contributed by atoms with Gasteiger partial charge in [0.15, 0.2) is 3.77 Å². The molecular weight excluding hydrogens is 364 g/mol. The van der Waals surface area contributed by atoms with E-state index >= 15 is 0 Å². The van der Waals surface area contributed by atoms with Crippen molar-refractivity contribution >= 4 is 34.2 Å². The number of halogens is 2. The van der Waals surface area contributed by atoms with Gasteiger partial charge in [-0.25, -0.2) is 9.18 Å². The van der Waals surface area contributed by atoms with Gasteiger partial charge in [-0.3, -0.25) is 0 Å². The SMILES string of the molecule is COC(=O)c1ccc(F)cc1NCc1ccc(I)o1. The number of benzene rings is 1. The van der Waals surface area contributed by atoms with Gasteiger partial charge in [-0.05, 0) is 52.9 Å². The summed E-state index contributed by atoms with van der Waals surface area (Å²) in [5.41, 5.74) is 0.656. The molecule has 6 heteroatoms. The molecular formula is C13H11FINO3. The van der Waals surface area contributed by atoms with Crippen molar-refractivity contribution in [2.75, 3.05) is 12.4 Å². The molecule has 1 aromatic heterocycles. The van der Waals surface area contributed by atoms with Gasteiger partial charge >= 0.3 is 5.97 Å². The Hall–Kier alpha value is -1.57. The monoisotopic (exact) mass is 375 g/mol. The van der Waals surface area contributed by atoms with Crippen molar-refractivity contribution in [2.24, 2.45) is 0 Å². The third-order valence-corrected chi connectivity index (χ3v) is 3.05. The van der Waals surface area contributed by atoms with E-state index in [4.69, 9.17) is 4.42 Å². The molecule has 2 aromatic rings. The Labute approximate surface area is 123 Å². The summed E-state index contributed by atoms with van der Waals surface area (Å²) in [6, 6.07) is 7.49. The maximum atomic E-state index is 13.2. The van der Waals surface area contributed by atoms with Crippen molar-refractivity contribution in [1.82, 2.24) is 0 Å². The van der Waals surface area contributed by atoms with E-state index in [0.29, 0.717) is 18.0 Å². The zero-order valence-electron chi connectivity index (χ0n) is 10.1. The Bertz CT molecular complexity index is 597. The van der Waals surface area contributed by atoms with Crippen LogP contribution in [0.5, 0.6) is 0 Å². The molecule has 2 rings (SSSR count). The lowest BCUT2D eigenvalue weighted by atomic mass is 10.1. The molecule has 19 heavy (non-hydrogen) atoms. The Kier molecular flexibility index (Phi) is 4.41. The van der Waals surface area contributed by atoms with Gasteiger partial charge in [-0.1, -0.05) is 0 Å². The zero-order chi connectivity index (χ0) is 13.8. The minimum atomic E-state index is -0.517. The molecule has 0 unspecified atom stereocenters. The van der Waals surface area contributed by atoms with Gasteiger partial charge < -0.3 is 14.5 Å². The second-order valence-corrected chi connectivity index (χ2v) is 4.80. The van der Waals surface area contributed by atoms with Crippen molar-refractivity contribution < 1.29 is 18.3 Å². The molecule has 0 aliphatic carbocycles. The molecule has 0 fully saturated rings. The topological polar surface area (TPSA) is 51.5 Å². The Morgan fingerprint density at radius 3 is 2.84 bits per heavy atom. The van der Waals surface area contributed by atoms with Gasteiger partial charge in [0.1, 0.15) is 11.6 Å². The van der Waals surface area contributed by atoms with Crippen LogP contribution in [0.2, 0.25) is 0 Å². The van der Waals surface area contributed by atoms with E-state index in [1.165, 1.54) is 25.3 Å². The minimum absolute atomic E-state index is 0.283. The van der Waals surface area contributed by atoms with Crippen molar-refractivity contribution in [1.29, 1.82) is 0 Å². The Morgan fingerprint density at radius 2 is 2.21 bits per heavy atom. The average Bonchev–Trinajstić information content (AvgIpc) is 2.81. The highest BCUT2D eigenvalue weighted by atomic mass is 127. The highest BCUT2D eigenvalue weighted by molar-refractivity contribution is 14.1. The highest BCUT2D eigenvalue weighted by Gasteiger charge is 2.13. The number of nitrogens with one attached hydrogen (secondary N) is 1. The summed E-state index contributed by atoms with van der Waals surface area (Å²) in [4.78, 5) is 11.6. The molecule has 4 nitrogen and oxygen atoms in total. The van der Waals surface area contributed by atoms with Crippen LogP contribution in [-0.4, -0.2) is 13.1 Å². The van der Waals surface area contributed by atoms with Crippen LogP contribution in [-0.2, 0) is 11.3 Å². The predicted octanol–water partition coefficient (Wildman–Crippen LogP) is 3.42. The first-order valence-electron chi connectivity index (χ1n) is 5.46. The molecule has 0 saturated heterocycles. The maximum absolute atomic E-state index is 13.2. The van der Waals surface area contributed by atoms with Crippen LogP contribution in [0.3, 0.4) is 0 Å². The van der Waals surface area contributed by atoms with E-state index in [0.717, 1.165) is 3.77 Å². The first-order chi connectivity index (χ1) is 9.10. The molecule has 100 valence electrons. The number of ether oxygens (including phenoxy) is 1. The van der Waals surface area contributed by atoms with Crippen LogP contribution in [0, 0.1) is 9.58 Å². The van der Waals surface area contributed by atoms with Crippen LogP contribution in [0.25, 0.3) is 0 Å². The smallest absolute Gasteiger partial charge is 0.339 e. The lowest BCUT2D eigenvalue weighted by Crippen LogP contribution is -2.08. The number of hydrogen-bond donors (Lipinski definition) is 1. The quantitative estimate of drug-likeness (QED) is 0.657. The number of furan rings is 1. The highest BCUT2D eigenvalue weighted by Crippen LogP contribution is 2.20. The first-order valence-corrected chi connectivity index (χ1v) is 6.54. The number of hydrogen-bond acceptors (Lipinski definition) is 4. The molecule has 0 spiro atoms. The average molecular weight is 375 g/mol. The molecule has 1 heterocycles. The Balaban J connectivity index is 2.18. The molecule has 0 aliphatic heterocycles. The lowest BCUT2D eigenvalue weighted by molar-refractivity contribution is 0.0601. The fourth-order valence-electron chi connectivity index (χ4n) is 1.58. The molecule has 0 radical (unpaired) electrons. The second-order valence-electron chi connectivity index (χ2n) is 3.74. The molecule has 0 aliphatic rings. The zero-order valence-corrected chi connectivity index (χ0v) is 12.2. The van der Waals surface area contributed by atoms with Gasteiger partial charge in [0.25, 0.3) is 0 Å². The number of methoxy groups -OCH3 is 1. The maximum Gasteiger partial charge on any atom is 0.339 e. The molecule has 1 aromatic carbocycles. The van der Waals surface area contributed by atoms with E-state index in [2.05, 4.69) is 32.6 Å². The van der Waals surface area contributed by atoms with Crippen LogP contribution in [0.15, 0.2) is 34.7 Å². The third-order valence-electron chi connectivity index (χ3n) is 2.47. The van der Waals surface area contributed by atoms with Crippen LogP contribution in [0.1, 0.15) is 16.1 Å². The molecule has 0 amide bonds. The summed E-state index contributed by atoms with van der Waals surface area (Å²) in [5, 5.41) is 2.96. The van der Waals surface area contributed by atoms with E-state index in [1.807, 2.05) is 12.1 Å². The molecule has 0 bridgehead atoms. The normalized spacial score (nSPS) is 10.3. The van der Waals surface area contributed by atoms with Gasteiger partial charge in [0, 0.05) is 0 Å². The summed E-state index contributed by atoms with van der Waals surface area (Å²) in [6.45, 7) is 0.358. The van der Waals surface area contributed by atoms with Gasteiger partial charge in [-0.15, -0.1) is 0 Å². The van der Waals surface area contributed by atoms with E-state index in [1.54, 1.807) is 0 Å². The van der Waals surface area contributed by atoms with Crippen LogP contribution >= 0.6 is 22.6 Å². The van der Waals surface area contributed by atoms with Crippen LogP contribution in [0.4, 0.5) is 10.1 Å². The molecule has 0 saturated carbocycles. The Morgan fingerprint density at radius 1 is 1.42 bits per heavy atom. The summed E-state index contributed by atoms with van der Waals surface area (Å²) in [6.07, 6.45) is 0. The van der Waals surface area contributed by atoms with Gasteiger partial charge in [0.2, 0.25) is 0 Å². The van der Waals surface area contributed by atoms with E-state index in [-0.39, 0.29) is 5.56 Å². The van der Waals surface area contributed by atoms with Crippen LogP contribution < -0.4 is 5.32 Å². The van der Waals surface area contributed by atoms with Gasteiger partial charge in [-0.2, -0.15) is 0 Å². The number of esters is 1. The van der Waals surface area contributed by atoms with Crippen molar-refractivity contribution in [2.45, 2.75) is 6.54 Å². The van der Waals surface area contributed by atoms with Gasteiger partial charge in [0.05, 0.1) is 24.9 Å². The summed E-state index contributed by atoms with van der Waals surface area (Å²) >= 11 is 2.06. The third kappa shape index (κ3) is 3.46. The predicted molar refractivity (Wildman–Crippen MR) is 76.5 cm³/mol. The fraction of sp³-hybridized carbons (Fsp3) is 0.154. The van der Waals surface area contributed by atoms with E-state index in [9.17, 15) is 9.18 Å². The molecule has 1 N–H and O–H groups in total. The summed E-state index contributed by atoms with van der Waals surface area (Å²) in [5.74, 6) is -0.245. The van der Waals surface area contributed by atoms with Crippen molar-refractivity contribution in [3.8, 4) is 0 Å². The van der Waals surface area contributed by atoms with Crippen molar-refractivity contribution in [3.63, 3.8) is 0 Å². The second kappa shape index (κ2) is 6.05. The summed E-state index contributed by atoms with van der Waals surface area (Å²) in [7, 11) is 1.28. The van der Waals surface area contributed by atoms with E-state index < -0.39 is 11.8 Å². The largest absolute Gasteiger partial charge is 0.465 e. The van der Waals surface area contributed by atoms with Crippen molar-refractivity contribution in [3.05, 3.63) is 51.2 Å². The number of carbonyl (C=O) groups excluding carboxylic acids is 1. The first kappa shape index (κ1) is 13.9. The number of carbonyl (C=O) groups is 1.